The van der Waals surface area contributed by atoms with Crippen LogP contribution in [0, 0.1) is 11.3 Å². The highest BCUT2D eigenvalue weighted by molar-refractivity contribution is 7.11. The van der Waals surface area contributed by atoms with Crippen molar-refractivity contribution in [2.45, 2.75) is 38.7 Å². The van der Waals surface area contributed by atoms with Crippen LogP contribution in [0.5, 0.6) is 0 Å². The lowest BCUT2D eigenvalue weighted by molar-refractivity contribution is 0.111. The van der Waals surface area contributed by atoms with Crippen molar-refractivity contribution in [1.29, 1.82) is 5.26 Å². The Morgan fingerprint density at radius 1 is 1.67 bits per heavy atom. The Bertz CT molecular complexity index is 374. The smallest absolute Gasteiger partial charge is 0.122 e. The first-order chi connectivity index (χ1) is 7.35. The topological polar surface area (TPSA) is 45.9 Å². The summed E-state index contributed by atoms with van der Waals surface area (Å²) in [5.41, 5.74) is 1.08. The Balaban J connectivity index is 2.22. The maximum absolute atomic E-state index is 8.71. The van der Waals surface area contributed by atoms with Gasteiger partial charge < -0.3 is 4.74 Å². The minimum absolute atomic E-state index is 0.188. The Morgan fingerprint density at radius 3 is 3.13 bits per heavy atom. The molecule has 0 radical (unpaired) electrons. The van der Waals surface area contributed by atoms with Gasteiger partial charge in [0.1, 0.15) is 11.1 Å². The summed E-state index contributed by atoms with van der Waals surface area (Å²) in [4.78, 5) is 5.69. The van der Waals surface area contributed by atoms with Gasteiger partial charge in [0.25, 0.3) is 0 Å². The lowest BCUT2D eigenvalue weighted by Gasteiger charge is -2.03. The van der Waals surface area contributed by atoms with E-state index in [1.807, 2.05) is 0 Å². The summed E-state index contributed by atoms with van der Waals surface area (Å²) in [6, 6.07) is 2.19. The molecule has 1 aliphatic heterocycles. The maximum Gasteiger partial charge on any atom is 0.122 e. The third-order valence-corrected chi connectivity index (χ3v) is 3.76. The lowest BCUT2D eigenvalue weighted by Crippen LogP contribution is -1.95. The Hall–Kier alpha value is -0.920. The van der Waals surface area contributed by atoms with E-state index in [0.29, 0.717) is 6.42 Å². The zero-order valence-corrected chi connectivity index (χ0v) is 9.64. The SMILES string of the molecule is CCc1nc(C2CCCO2)sc1CC#N. The number of rotatable bonds is 3. The molecule has 3 nitrogen and oxygen atoms in total. The largest absolute Gasteiger partial charge is 0.371 e. The normalized spacial score (nSPS) is 20.4. The molecule has 1 aromatic rings. The summed E-state index contributed by atoms with van der Waals surface area (Å²) in [6.45, 7) is 2.93. The van der Waals surface area contributed by atoms with E-state index in [2.05, 4.69) is 18.0 Å². The highest BCUT2D eigenvalue weighted by Crippen LogP contribution is 2.33. The van der Waals surface area contributed by atoms with Crippen LogP contribution in [0.1, 0.15) is 41.4 Å². The second kappa shape index (κ2) is 4.73. The number of nitriles is 1. The van der Waals surface area contributed by atoms with Gasteiger partial charge in [-0.3, -0.25) is 0 Å². The molecule has 0 aliphatic carbocycles. The van der Waals surface area contributed by atoms with Gasteiger partial charge in [-0.05, 0) is 19.3 Å². The summed E-state index contributed by atoms with van der Waals surface area (Å²) in [7, 11) is 0. The monoisotopic (exact) mass is 222 g/mol. The summed E-state index contributed by atoms with van der Waals surface area (Å²) in [6.07, 6.45) is 3.77. The fourth-order valence-corrected chi connectivity index (χ4v) is 2.97. The van der Waals surface area contributed by atoms with Crippen LogP contribution < -0.4 is 0 Å². The van der Waals surface area contributed by atoms with E-state index in [-0.39, 0.29) is 6.10 Å². The van der Waals surface area contributed by atoms with Gasteiger partial charge >= 0.3 is 0 Å². The van der Waals surface area contributed by atoms with Crippen molar-refractivity contribution in [3.8, 4) is 6.07 Å². The van der Waals surface area contributed by atoms with E-state index < -0.39 is 0 Å². The van der Waals surface area contributed by atoms with Crippen molar-refractivity contribution in [1.82, 2.24) is 4.98 Å². The van der Waals surface area contributed by atoms with Crippen molar-refractivity contribution in [2.24, 2.45) is 0 Å². The molecular formula is C11H14N2OS. The van der Waals surface area contributed by atoms with Crippen molar-refractivity contribution in [2.75, 3.05) is 6.61 Å². The highest BCUT2D eigenvalue weighted by Gasteiger charge is 2.22. The predicted octanol–water partition coefficient (Wildman–Crippen LogP) is 2.62. The Labute approximate surface area is 93.7 Å². The van der Waals surface area contributed by atoms with E-state index in [1.54, 1.807) is 11.3 Å². The number of nitrogens with zero attached hydrogens (tertiary/aromatic N) is 2. The second-order valence-electron chi connectivity index (χ2n) is 3.61. The first kappa shape index (κ1) is 10.6. The number of ether oxygens (including phenoxy) is 1. The summed E-state index contributed by atoms with van der Waals surface area (Å²) in [5.74, 6) is 0. The Kier molecular flexibility index (Phi) is 3.34. The van der Waals surface area contributed by atoms with Crippen LogP contribution in [0.15, 0.2) is 0 Å². The molecule has 1 fully saturated rings. The molecule has 0 aromatic carbocycles. The molecule has 15 heavy (non-hydrogen) atoms. The van der Waals surface area contributed by atoms with Crippen LogP contribution in [0.4, 0.5) is 0 Å². The van der Waals surface area contributed by atoms with Gasteiger partial charge in [-0.25, -0.2) is 4.98 Å². The zero-order chi connectivity index (χ0) is 10.7. The van der Waals surface area contributed by atoms with Crippen molar-refractivity contribution in [3.63, 3.8) is 0 Å². The molecule has 1 aromatic heterocycles. The molecule has 0 saturated carbocycles. The van der Waals surface area contributed by atoms with Crippen LogP contribution in [-0.4, -0.2) is 11.6 Å². The molecule has 80 valence electrons. The second-order valence-corrected chi connectivity index (χ2v) is 4.73. The van der Waals surface area contributed by atoms with Gasteiger partial charge in [-0.2, -0.15) is 5.26 Å². The van der Waals surface area contributed by atoms with E-state index in [1.165, 1.54) is 0 Å². The minimum Gasteiger partial charge on any atom is -0.371 e. The average Bonchev–Trinajstić information content (AvgIpc) is 2.84. The molecule has 0 amide bonds. The fraction of sp³-hybridized carbons (Fsp3) is 0.636. The van der Waals surface area contributed by atoms with Crippen LogP contribution in [0.2, 0.25) is 0 Å². The fourth-order valence-electron chi connectivity index (χ4n) is 1.80. The first-order valence-electron chi connectivity index (χ1n) is 5.32. The molecule has 1 saturated heterocycles. The van der Waals surface area contributed by atoms with Gasteiger partial charge in [0.15, 0.2) is 0 Å². The van der Waals surface area contributed by atoms with Crippen molar-refractivity contribution in [3.05, 3.63) is 15.6 Å². The number of aromatic nitrogens is 1. The standard InChI is InChI=1S/C11H14N2OS/c1-2-8-10(5-6-12)15-11(13-8)9-4-3-7-14-9/h9H,2-5,7H2,1H3. The van der Waals surface area contributed by atoms with Crippen molar-refractivity contribution >= 4 is 11.3 Å². The van der Waals surface area contributed by atoms with Crippen LogP contribution in [0.25, 0.3) is 0 Å². The van der Waals surface area contributed by atoms with Crippen LogP contribution >= 0.6 is 11.3 Å². The Morgan fingerprint density at radius 2 is 2.53 bits per heavy atom. The lowest BCUT2D eigenvalue weighted by atomic mass is 10.2. The molecule has 1 aliphatic rings. The number of hydrogen-bond donors (Lipinski definition) is 0. The summed E-state index contributed by atoms with van der Waals surface area (Å²) >= 11 is 1.65. The molecular weight excluding hydrogens is 208 g/mol. The molecule has 4 heteroatoms. The van der Waals surface area contributed by atoms with Crippen molar-refractivity contribution < 1.29 is 4.74 Å². The van der Waals surface area contributed by atoms with E-state index in [4.69, 9.17) is 10.00 Å². The van der Waals surface area contributed by atoms with E-state index >= 15 is 0 Å². The molecule has 0 spiro atoms. The number of aryl methyl sites for hydroxylation is 1. The predicted molar refractivity (Wildman–Crippen MR) is 58.7 cm³/mol. The third kappa shape index (κ3) is 2.19. The van der Waals surface area contributed by atoms with Crippen LogP contribution in [-0.2, 0) is 17.6 Å². The minimum atomic E-state index is 0.188. The highest BCUT2D eigenvalue weighted by atomic mass is 32.1. The summed E-state index contributed by atoms with van der Waals surface area (Å²) < 4.78 is 5.59. The van der Waals surface area contributed by atoms with Gasteiger partial charge in [-0.15, -0.1) is 11.3 Å². The third-order valence-electron chi connectivity index (χ3n) is 2.57. The molecule has 1 atom stereocenters. The van der Waals surface area contributed by atoms with Gasteiger partial charge in [0, 0.05) is 11.5 Å². The summed E-state index contributed by atoms with van der Waals surface area (Å²) in [5, 5.41) is 9.78. The molecule has 1 unspecified atom stereocenters. The molecule has 2 rings (SSSR count). The first-order valence-corrected chi connectivity index (χ1v) is 6.13. The molecule has 0 bridgehead atoms. The maximum atomic E-state index is 8.71. The number of hydrogen-bond acceptors (Lipinski definition) is 4. The zero-order valence-electron chi connectivity index (χ0n) is 8.82. The van der Waals surface area contributed by atoms with Gasteiger partial charge in [-0.1, -0.05) is 6.92 Å². The van der Waals surface area contributed by atoms with Gasteiger partial charge in [0.2, 0.25) is 0 Å². The van der Waals surface area contributed by atoms with E-state index in [0.717, 1.165) is 41.4 Å². The quantitative estimate of drug-likeness (QED) is 0.789. The number of thiazole rings is 1. The molecule has 0 N–H and O–H groups in total. The molecule has 2 heterocycles. The van der Waals surface area contributed by atoms with Crippen LogP contribution in [0.3, 0.4) is 0 Å². The van der Waals surface area contributed by atoms with E-state index in [9.17, 15) is 0 Å². The average molecular weight is 222 g/mol. The van der Waals surface area contributed by atoms with Gasteiger partial charge in [0.05, 0.1) is 18.2 Å².